The molecule has 0 saturated heterocycles. The van der Waals surface area contributed by atoms with Crippen LogP contribution in [0.15, 0.2) is 21.4 Å². The number of furan rings is 1. The summed E-state index contributed by atoms with van der Waals surface area (Å²) >= 11 is 3.24. The highest BCUT2D eigenvalue weighted by atomic mass is 79.9. The van der Waals surface area contributed by atoms with Crippen LogP contribution in [-0.2, 0) is 0 Å². The van der Waals surface area contributed by atoms with Crippen molar-refractivity contribution in [2.45, 2.75) is 40.5 Å². The largest absolute Gasteiger partial charge is 0.457 e. The van der Waals surface area contributed by atoms with E-state index in [4.69, 9.17) is 4.42 Å². The summed E-state index contributed by atoms with van der Waals surface area (Å²) in [6.07, 6.45) is 3.58. The number of amides is 1. The Morgan fingerprint density at radius 2 is 1.74 bits per heavy atom. The van der Waals surface area contributed by atoms with Crippen molar-refractivity contribution in [3.05, 3.63) is 22.6 Å². The SMILES string of the molecule is CC(C)CCN(CCC(C)C)C(=O)c1coc(Br)c1. The summed E-state index contributed by atoms with van der Waals surface area (Å²) in [6.45, 7) is 10.3. The van der Waals surface area contributed by atoms with Gasteiger partial charge in [-0.1, -0.05) is 27.7 Å². The quantitative estimate of drug-likeness (QED) is 0.733. The fraction of sp³-hybridized carbons (Fsp3) is 0.667. The lowest BCUT2D eigenvalue weighted by Gasteiger charge is -2.24. The van der Waals surface area contributed by atoms with E-state index < -0.39 is 0 Å². The van der Waals surface area contributed by atoms with Gasteiger partial charge in [0.05, 0.1) is 5.56 Å². The maximum atomic E-state index is 12.4. The summed E-state index contributed by atoms with van der Waals surface area (Å²) < 4.78 is 5.76. The third kappa shape index (κ3) is 5.81. The van der Waals surface area contributed by atoms with Gasteiger partial charge in [-0.3, -0.25) is 4.79 Å². The van der Waals surface area contributed by atoms with Gasteiger partial charge >= 0.3 is 0 Å². The van der Waals surface area contributed by atoms with Gasteiger partial charge in [-0.15, -0.1) is 0 Å². The number of rotatable bonds is 7. The highest BCUT2D eigenvalue weighted by Crippen LogP contribution is 2.17. The van der Waals surface area contributed by atoms with Crippen molar-refractivity contribution in [2.24, 2.45) is 11.8 Å². The van der Waals surface area contributed by atoms with Gasteiger partial charge in [0.15, 0.2) is 4.67 Å². The summed E-state index contributed by atoms with van der Waals surface area (Å²) in [5.41, 5.74) is 0.624. The summed E-state index contributed by atoms with van der Waals surface area (Å²) in [6, 6.07) is 1.74. The molecule has 1 amide bonds. The predicted molar refractivity (Wildman–Crippen MR) is 81.2 cm³/mol. The standard InChI is InChI=1S/C15H24BrNO2/c1-11(2)5-7-17(8-6-12(3)4)15(18)13-9-14(16)19-10-13/h9-12H,5-8H2,1-4H3. The molecule has 0 radical (unpaired) electrons. The molecule has 1 rings (SSSR count). The van der Waals surface area contributed by atoms with E-state index in [0.29, 0.717) is 22.1 Å². The Hall–Kier alpha value is -0.770. The van der Waals surface area contributed by atoms with E-state index in [9.17, 15) is 4.79 Å². The fourth-order valence-electron chi connectivity index (χ4n) is 1.75. The molecular formula is C15H24BrNO2. The molecular weight excluding hydrogens is 306 g/mol. The molecule has 0 spiro atoms. The van der Waals surface area contributed by atoms with E-state index in [1.165, 1.54) is 6.26 Å². The van der Waals surface area contributed by atoms with E-state index >= 15 is 0 Å². The molecule has 0 unspecified atom stereocenters. The molecule has 108 valence electrons. The topological polar surface area (TPSA) is 33.5 Å². The first-order valence-electron chi connectivity index (χ1n) is 6.93. The number of halogens is 1. The van der Waals surface area contributed by atoms with Crippen molar-refractivity contribution in [3.63, 3.8) is 0 Å². The molecule has 1 aromatic rings. The molecule has 0 aliphatic heterocycles. The first-order chi connectivity index (χ1) is 8.90. The Balaban J connectivity index is 2.68. The molecule has 0 aromatic carbocycles. The van der Waals surface area contributed by atoms with Crippen LogP contribution in [0.1, 0.15) is 50.9 Å². The zero-order chi connectivity index (χ0) is 14.4. The number of carbonyl (C=O) groups is 1. The lowest BCUT2D eigenvalue weighted by Crippen LogP contribution is -2.33. The Labute approximate surface area is 124 Å². The number of nitrogens with zero attached hydrogens (tertiary/aromatic N) is 1. The first-order valence-corrected chi connectivity index (χ1v) is 7.72. The minimum Gasteiger partial charge on any atom is -0.457 e. The number of hydrogen-bond acceptors (Lipinski definition) is 2. The second kappa shape index (κ2) is 7.73. The minimum absolute atomic E-state index is 0.0655. The summed E-state index contributed by atoms with van der Waals surface area (Å²) in [4.78, 5) is 14.4. The molecule has 3 nitrogen and oxygen atoms in total. The summed E-state index contributed by atoms with van der Waals surface area (Å²) in [7, 11) is 0. The van der Waals surface area contributed by atoms with Crippen LogP contribution in [0, 0.1) is 11.8 Å². The van der Waals surface area contributed by atoms with Crippen LogP contribution in [0.5, 0.6) is 0 Å². The second-order valence-corrected chi connectivity index (χ2v) is 6.58. The van der Waals surface area contributed by atoms with Crippen LogP contribution in [0.25, 0.3) is 0 Å². The average Bonchev–Trinajstić information content (AvgIpc) is 2.74. The third-order valence-electron chi connectivity index (χ3n) is 3.05. The molecule has 0 saturated carbocycles. The van der Waals surface area contributed by atoms with Crippen molar-refractivity contribution in [2.75, 3.05) is 13.1 Å². The Morgan fingerprint density at radius 3 is 2.11 bits per heavy atom. The van der Waals surface area contributed by atoms with E-state index in [2.05, 4.69) is 43.6 Å². The van der Waals surface area contributed by atoms with Gasteiger partial charge < -0.3 is 9.32 Å². The van der Waals surface area contributed by atoms with Gasteiger partial charge in [0.1, 0.15) is 6.26 Å². The van der Waals surface area contributed by atoms with E-state index in [1.54, 1.807) is 6.07 Å². The van der Waals surface area contributed by atoms with Gasteiger partial charge in [-0.25, -0.2) is 0 Å². The van der Waals surface area contributed by atoms with Crippen molar-refractivity contribution >= 4 is 21.8 Å². The van der Waals surface area contributed by atoms with Gasteiger partial charge in [0, 0.05) is 19.2 Å². The maximum Gasteiger partial charge on any atom is 0.257 e. The summed E-state index contributed by atoms with van der Waals surface area (Å²) in [5, 5.41) is 0. The minimum atomic E-state index is 0.0655. The zero-order valence-electron chi connectivity index (χ0n) is 12.3. The van der Waals surface area contributed by atoms with Crippen molar-refractivity contribution in [1.29, 1.82) is 0 Å². The zero-order valence-corrected chi connectivity index (χ0v) is 13.9. The molecule has 1 aromatic heterocycles. The Bertz CT molecular complexity index is 387. The highest BCUT2D eigenvalue weighted by Gasteiger charge is 2.18. The van der Waals surface area contributed by atoms with Gasteiger partial charge in [-0.2, -0.15) is 0 Å². The lowest BCUT2D eigenvalue weighted by atomic mass is 10.1. The average molecular weight is 330 g/mol. The normalized spacial score (nSPS) is 11.3. The van der Waals surface area contributed by atoms with Crippen molar-refractivity contribution < 1.29 is 9.21 Å². The molecule has 0 aliphatic carbocycles. The molecule has 0 bridgehead atoms. The lowest BCUT2D eigenvalue weighted by molar-refractivity contribution is 0.0740. The van der Waals surface area contributed by atoms with Crippen molar-refractivity contribution in [3.8, 4) is 0 Å². The molecule has 0 N–H and O–H groups in total. The van der Waals surface area contributed by atoms with E-state index in [0.717, 1.165) is 25.9 Å². The van der Waals surface area contributed by atoms with Gasteiger partial charge in [0.2, 0.25) is 0 Å². The van der Waals surface area contributed by atoms with Gasteiger partial charge in [-0.05, 0) is 40.6 Å². The van der Waals surface area contributed by atoms with E-state index in [1.807, 2.05) is 4.90 Å². The Kier molecular flexibility index (Phi) is 6.63. The molecule has 0 atom stereocenters. The van der Waals surface area contributed by atoms with Crippen LogP contribution < -0.4 is 0 Å². The fourth-order valence-corrected chi connectivity index (χ4v) is 2.09. The van der Waals surface area contributed by atoms with Crippen LogP contribution >= 0.6 is 15.9 Å². The van der Waals surface area contributed by atoms with Crippen LogP contribution in [0.2, 0.25) is 0 Å². The predicted octanol–water partition coefficient (Wildman–Crippen LogP) is 4.58. The number of hydrogen-bond donors (Lipinski definition) is 0. The van der Waals surface area contributed by atoms with Crippen LogP contribution in [0.4, 0.5) is 0 Å². The monoisotopic (exact) mass is 329 g/mol. The van der Waals surface area contributed by atoms with Crippen LogP contribution in [0.3, 0.4) is 0 Å². The second-order valence-electron chi connectivity index (χ2n) is 5.80. The molecule has 0 fully saturated rings. The summed E-state index contributed by atoms with van der Waals surface area (Å²) in [5.74, 6) is 1.27. The molecule has 1 heterocycles. The smallest absolute Gasteiger partial charge is 0.257 e. The Morgan fingerprint density at radius 1 is 1.21 bits per heavy atom. The first kappa shape index (κ1) is 16.3. The van der Waals surface area contributed by atoms with E-state index in [-0.39, 0.29) is 5.91 Å². The van der Waals surface area contributed by atoms with Crippen LogP contribution in [-0.4, -0.2) is 23.9 Å². The number of carbonyl (C=O) groups excluding carboxylic acids is 1. The maximum absolute atomic E-state index is 12.4. The highest BCUT2D eigenvalue weighted by molar-refractivity contribution is 9.10. The van der Waals surface area contributed by atoms with Gasteiger partial charge in [0.25, 0.3) is 5.91 Å². The molecule has 4 heteroatoms. The van der Waals surface area contributed by atoms with Crippen molar-refractivity contribution in [1.82, 2.24) is 4.90 Å². The molecule has 0 aliphatic rings. The third-order valence-corrected chi connectivity index (χ3v) is 3.47. The molecule has 19 heavy (non-hydrogen) atoms.